The number of thioether (sulfide) groups is 1. The third kappa shape index (κ3) is 6.28. The first kappa shape index (κ1) is 22.3. The molecule has 2 aromatic rings. The average Bonchev–Trinajstić information content (AvgIpc) is 2.75. The number of rotatable bonds is 8. The molecule has 1 N–H and O–H groups in total. The molecule has 0 radical (unpaired) electrons. The Morgan fingerprint density at radius 3 is 2.80 bits per heavy atom. The maximum atomic E-state index is 12.1. The number of nitro benzene ring substituents is 1. The highest BCUT2D eigenvalue weighted by molar-refractivity contribution is 9.10. The molecule has 1 amide bonds. The van der Waals surface area contributed by atoms with E-state index in [-0.39, 0.29) is 17.3 Å². The van der Waals surface area contributed by atoms with E-state index in [1.807, 2.05) is 24.3 Å². The van der Waals surface area contributed by atoms with Crippen molar-refractivity contribution in [3.63, 3.8) is 0 Å². The summed E-state index contributed by atoms with van der Waals surface area (Å²) in [5.74, 6) is 0.718. The van der Waals surface area contributed by atoms with E-state index < -0.39 is 4.92 Å². The number of non-ortho nitro benzene ring substituents is 1. The van der Waals surface area contributed by atoms with Crippen LogP contribution in [0.15, 0.2) is 52.0 Å². The third-order valence-electron chi connectivity index (χ3n) is 4.42. The van der Waals surface area contributed by atoms with Crippen LogP contribution >= 0.6 is 27.7 Å². The molecule has 0 aromatic heterocycles. The molecule has 10 heteroatoms. The van der Waals surface area contributed by atoms with Gasteiger partial charge < -0.3 is 9.64 Å². The average molecular weight is 493 g/mol. The molecule has 30 heavy (non-hydrogen) atoms. The van der Waals surface area contributed by atoms with Gasteiger partial charge in [0.15, 0.2) is 0 Å². The maximum absolute atomic E-state index is 12.1. The third-order valence-corrected chi connectivity index (χ3v) is 6.17. The number of amides is 1. The number of nitrogens with one attached hydrogen (secondary N) is 1. The predicted molar refractivity (Wildman–Crippen MR) is 122 cm³/mol. The highest BCUT2D eigenvalue weighted by atomic mass is 79.9. The van der Waals surface area contributed by atoms with Gasteiger partial charge in [-0.2, -0.15) is 5.10 Å². The standard InChI is InChI=1S/C20H21BrN4O4S/c21-18-4-2-1-3-15(18)13-30-14-20(26)23-22-12-16-11-17(25(27)28)5-6-19(16)24-7-9-29-10-8-24/h1-6,11-12H,7-10,13-14H2,(H,23,26)/b22-12+. The molecule has 2 aromatic carbocycles. The summed E-state index contributed by atoms with van der Waals surface area (Å²) in [4.78, 5) is 24.9. The van der Waals surface area contributed by atoms with Gasteiger partial charge in [-0.25, -0.2) is 5.43 Å². The fourth-order valence-electron chi connectivity index (χ4n) is 2.93. The molecule has 0 aliphatic carbocycles. The van der Waals surface area contributed by atoms with E-state index in [1.165, 1.54) is 30.1 Å². The van der Waals surface area contributed by atoms with Crippen LogP contribution in [0.2, 0.25) is 0 Å². The summed E-state index contributed by atoms with van der Waals surface area (Å²) >= 11 is 4.97. The number of anilines is 1. The molecule has 0 saturated carbocycles. The van der Waals surface area contributed by atoms with Crippen LogP contribution in [0.3, 0.4) is 0 Å². The van der Waals surface area contributed by atoms with E-state index in [0.29, 0.717) is 37.6 Å². The number of hydrogen-bond donors (Lipinski definition) is 1. The second-order valence-corrected chi connectivity index (χ2v) is 8.32. The van der Waals surface area contributed by atoms with E-state index in [1.54, 1.807) is 6.07 Å². The van der Waals surface area contributed by atoms with Gasteiger partial charge in [0.1, 0.15) is 0 Å². The van der Waals surface area contributed by atoms with E-state index in [0.717, 1.165) is 15.7 Å². The van der Waals surface area contributed by atoms with E-state index in [4.69, 9.17) is 4.74 Å². The fourth-order valence-corrected chi connectivity index (χ4v) is 4.36. The number of carbonyl (C=O) groups is 1. The summed E-state index contributed by atoms with van der Waals surface area (Å²) in [5, 5.41) is 15.1. The topological polar surface area (TPSA) is 97.1 Å². The number of nitrogens with zero attached hydrogens (tertiary/aromatic N) is 3. The molecule has 0 atom stereocenters. The van der Waals surface area contributed by atoms with Gasteiger partial charge in [-0.15, -0.1) is 11.8 Å². The summed E-state index contributed by atoms with van der Waals surface area (Å²) < 4.78 is 6.38. The Morgan fingerprint density at radius 2 is 2.07 bits per heavy atom. The van der Waals surface area contributed by atoms with Crippen LogP contribution in [0.1, 0.15) is 11.1 Å². The zero-order valence-corrected chi connectivity index (χ0v) is 18.5. The lowest BCUT2D eigenvalue weighted by Crippen LogP contribution is -2.36. The Balaban J connectivity index is 1.59. The monoisotopic (exact) mass is 492 g/mol. The first-order chi connectivity index (χ1) is 14.5. The molecule has 1 saturated heterocycles. The summed E-state index contributed by atoms with van der Waals surface area (Å²) in [7, 11) is 0. The van der Waals surface area contributed by atoms with Crippen molar-refractivity contribution in [3.05, 3.63) is 68.2 Å². The van der Waals surface area contributed by atoms with Crippen LogP contribution in [0.5, 0.6) is 0 Å². The van der Waals surface area contributed by atoms with E-state index in [9.17, 15) is 14.9 Å². The SMILES string of the molecule is O=C(CSCc1ccccc1Br)N/N=C/c1cc([N+](=O)[O-])ccc1N1CCOCC1. The number of ether oxygens (including phenoxy) is 1. The molecule has 1 heterocycles. The highest BCUT2D eigenvalue weighted by Gasteiger charge is 2.17. The lowest BCUT2D eigenvalue weighted by molar-refractivity contribution is -0.384. The zero-order valence-electron chi connectivity index (χ0n) is 16.1. The van der Waals surface area contributed by atoms with E-state index >= 15 is 0 Å². The van der Waals surface area contributed by atoms with E-state index in [2.05, 4.69) is 31.4 Å². The second kappa shape index (κ2) is 11.1. The Kier molecular flexibility index (Phi) is 8.23. The van der Waals surface area contributed by atoms with Crippen LogP contribution in [0.4, 0.5) is 11.4 Å². The van der Waals surface area contributed by atoms with Gasteiger partial charge in [0, 0.05) is 46.7 Å². The number of benzene rings is 2. The van der Waals surface area contributed by atoms with Crippen LogP contribution in [-0.2, 0) is 15.3 Å². The lowest BCUT2D eigenvalue weighted by atomic mass is 10.1. The van der Waals surface area contributed by atoms with Crippen molar-refractivity contribution in [1.82, 2.24) is 5.43 Å². The summed E-state index contributed by atoms with van der Waals surface area (Å²) in [6, 6.07) is 12.5. The van der Waals surface area contributed by atoms with Gasteiger partial charge in [-0.3, -0.25) is 14.9 Å². The quantitative estimate of drug-likeness (QED) is 0.343. The van der Waals surface area contributed by atoms with Crippen molar-refractivity contribution in [1.29, 1.82) is 0 Å². The number of halogens is 1. The molecule has 1 fully saturated rings. The minimum atomic E-state index is -0.447. The smallest absolute Gasteiger partial charge is 0.270 e. The zero-order chi connectivity index (χ0) is 21.3. The molecule has 0 bridgehead atoms. The summed E-state index contributed by atoms with van der Waals surface area (Å²) in [5.41, 5.74) is 4.99. The van der Waals surface area contributed by atoms with Crippen molar-refractivity contribution in [2.45, 2.75) is 5.75 Å². The van der Waals surface area contributed by atoms with Crippen LogP contribution in [0, 0.1) is 10.1 Å². The van der Waals surface area contributed by atoms with Crippen molar-refractivity contribution in [2.75, 3.05) is 37.0 Å². The van der Waals surface area contributed by atoms with Gasteiger partial charge in [0.2, 0.25) is 5.91 Å². The van der Waals surface area contributed by atoms with Crippen molar-refractivity contribution >= 4 is 51.2 Å². The van der Waals surface area contributed by atoms with Gasteiger partial charge >= 0.3 is 0 Å². The first-order valence-electron chi connectivity index (χ1n) is 9.29. The highest BCUT2D eigenvalue weighted by Crippen LogP contribution is 2.25. The minimum Gasteiger partial charge on any atom is -0.378 e. The summed E-state index contributed by atoms with van der Waals surface area (Å²) in [6.45, 7) is 2.57. The minimum absolute atomic E-state index is 0.0243. The van der Waals surface area contributed by atoms with Gasteiger partial charge in [0.25, 0.3) is 5.69 Å². The number of nitro groups is 1. The molecule has 1 aliphatic rings. The van der Waals surface area contributed by atoms with Crippen LogP contribution < -0.4 is 10.3 Å². The fraction of sp³-hybridized carbons (Fsp3) is 0.300. The van der Waals surface area contributed by atoms with Crippen molar-refractivity contribution in [2.24, 2.45) is 5.10 Å². The largest absolute Gasteiger partial charge is 0.378 e. The normalized spacial score (nSPS) is 14.1. The second-order valence-electron chi connectivity index (χ2n) is 6.48. The predicted octanol–water partition coefficient (Wildman–Crippen LogP) is 3.58. The van der Waals surface area contributed by atoms with Gasteiger partial charge in [-0.1, -0.05) is 34.1 Å². The van der Waals surface area contributed by atoms with Crippen molar-refractivity contribution in [3.8, 4) is 0 Å². The maximum Gasteiger partial charge on any atom is 0.270 e. The Labute approximate surface area is 186 Å². The number of hydrazone groups is 1. The number of hydrogen-bond acceptors (Lipinski definition) is 7. The first-order valence-corrected chi connectivity index (χ1v) is 11.2. The molecular weight excluding hydrogens is 472 g/mol. The molecule has 0 spiro atoms. The number of carbonyl (C=O) groups excluding carboxylic acids is 1. The molecule has 1 aliphatic heterocycles. The van der Waals surface area contributed by atoms with Crippen LogP contribution in [0.25, 0.3) is 0 Å². The van der Waals surface area contributed by atoms with Crippen molar-refractivity contribution < 1.29 is 14.5 Å². The number of morpholine rings is 1. The van der Waals surface area contributed by atoms with Gasteiger partial charge in [0.05, 0.1) is 30.1 Å². The van der Waals surface area contributed by atoms with Gasteiger partial charge in [-0.05, 0) is 17.7 Å². The Bertz CT molecular complexity index is 935. The lowest BCUT2D eigenvalue weighted by Gasteiger charge is -2.29. The Morgan fingerprint density at radius 1 is 1.30 bits per heavy atom. The molecule has 158 valence electrons. The Hall–Kier alpha value is -2.43. The molecule has 0 unspecified atom stereocenters. The molecular formula is C20H21BrN4O4S. The van der Waals surface area contributed by atoms with Crippen LogP contribution in [-0.4, -0.2) is 49.1 Å². The summed E-state index contributed by atoms with van der Waals surface area (Å²) in [6.07, 6.45) is 1.45. The molecule has 8 nitrogen and oxygen atoms in total. The molecule has 3 rings (SSSR count).